The summed E-state index contributed by atoms with van der Waals surface area (Å²) in [6.07, 6.45) is 1.79. The molecule has 0 saturated carbocycles. The molecule has 0 atom stereocenters. The molecule has 2 aromatic heterocycles. The van der Waals surface area contributed by atoms with Crippen molar-refractivity contribution < 1.29 is 9.31 Å². The molecule has 1 fully saturated rings. The van der Waals surface area contributed by atoms with Crippen molar-refractivity contribution in [2.75, 3.05) is 0 Å². The SMILES string of the molecule is CC1(C)OB(c2cn(-c3cscn3)nn2)OC1(C)C. The van der Waals surface area contributed by atoms with Gasteiger partial charge in [0, 0.05) is 5.38 Å². The smallest absolute Gasteiger partial charge is 0.398 e. The van der Waals surface area contributed by atoms with Crippen molar-refractivity contribution in [3.8, 4) is 5.82 Å². The summed E-state index contributed by atoms with van der Waals surface area (Å²) in [5.74, 6) is 0.750. The van der Waals surface area contributed by atoms with Crippen LogP contribution in [-0.2, 0) is 9.31 Å². The van der Waals surface area contributed by atoms with E-state index in [1.165, 1.54) is 11.3 Å². The highest BCUT2D eigenvalue weighted by Crippen LogP contribution is 2.36. The number of nitrogens with zero attached hydrogens (tertiary/aromatic N) is 4. The average Bonchev–Trinajstić information content (AvgIpc) is 3.00. The average molecular weight is 278 g/mol. The van der Waals surface area contributed by atoms with Crippen LogP contribution >= 0.6 is 11.3 Å². The summed E-state index contributed by atoms with van der Waals surface area (Å²) < 4.78 is 13.5. The fourth-order valence-electron chi connectivity index (χ4n) is 1.78. The van der Waals surface area contributed by atoms with Gasteiger partial charge in [0.15, 0.2) is 5.82 Å². The van der Waals surface area contributed by atoms with Crippen LogP contribution in [0.15, 0.2) is 17.1 Å². The predicted octanol–water partition coefficient (Wildman–Crippen LogP) is 1.02. The van der Waals surface area contributed by atoms with Gasteiger partial charge in [0.1, 0.15) is 5.59 Å². The molecular weight excluding hydrogens is 263 g/mol. The van der Waals surface area contributed by atoms with Crippen LogP contribution in [0.25, 0.3) is 5.82 Å². The first-order valence-electron chi connectivity index (χ1n) is 6.05. The Morgan fingerprint density at radius 3 is 2.47 bits per heavy atom. The maximum absolute atomic E-state index is 5.92. The molecule has 6 nitrogen and oxygen atoms in total. The molecule has 3 heterocycles. The molecule has 8 heteroatoms. The van der Waals surface area contributed by atoms with Crippen LogP contribution in [-0.4, -0.2) is 38.3 Å². The highest BCUT2D eigenvalue weighted by atomic mass is 32.1. The van der Waals surface area contributed by atoms with Gasteiger partial charge in [-0.2, -0.15) is 0 Å². The lowest BCUT2D eigenvalue weighted by atomic mass is 9.86. The highest BCUT2D eigenvalue weighted by Gasteiger charge is 2.52. The molecule has 100 valence electrons. The van der Waals surface area contributed by atoms with Crippen molar-refractivity contribution in [2.24, 2.45) is 0 Å². The Bertz CT molecular complexity index is 565. The Morgan fingerprint density at radius 2 is 1.89 bits per heavy atom. The van der Waals surface area contributed by atoms with E-state index in [0.29, 0.717) is 5.59 Å². The minimum Gasteiger partial charge on any atom is -0.398 e. The molecule has 1 aliphatic rings. The summed E-state index contributed by atoms with van der Waals surface area (Å²) in [6.45, 7) is 8.05. The van der Waals surface area contributed by atoms with E-state index in [1.54, 1.807) is 16.4 Å². The number of hydrogen-bond donors (Lipinski definition) is 0. The standard InChI is InChI=1S/C11H15BN4O2S/c1-10(2)11(3,4)18-12(17-10)8-5-16(15-14-8)9-6-19-7-13-9/h5-7H,1-4H3. The first-order valence-corrected chi connectivity index (χ1v) is 7.00. The van der Waals surface area contributed by atoms with Crippen LogP contribution in [0.2, 0.25) is 0 Å². The van der Waals surface area contributed by atoms with Gasteiger partial charge in [0.2, 0.25) is 0 Å². The van der Waals surface area contributed by atoms with Crippen molar-refractivity contribution in [3.63, 3.8) is 0 Å². The third-order valence-corrected chi connectivity index (χ3v) is 4.23. The number of rotatable bonds is 2. The van der Waals surface area contributed by atoms with Crippen LogP contribution in [0.1, 0.15) is 27.7 Å². The summed E-state index contributed by atoms with van der Waals surface area (Å²) in [5.41, 5.74) is 1.67. The normalized spacial score (nSPS) is 20.9. The van der Waals surface area contributed by atoms with Gasteiger partial charge in [0.25, 0.3) is 0 Å². The predicted molar refractivity (Wildman–Crippen MR) is 72.7 cm³/mol. The number of aromatic nitrogens is 4. The zero-order chi connectivity index (χ0) is 13.7. The largest absolute Gasteiger partial charge is 0.518 e. The van der Waals surface area contributed by atoms with E-state index in [-0.39, 0.29) is 11.2 Å². The van der Waals surface area contributed by atoms with E-state index in [2.05, 4.69) is 15.3 Å². The first-order chi connectivity index (χ1) is 8.89. The van der Waals surface area contributed by atoms with Gasteiger partial charge >= 0.3 is 7.12 Å². The Hall–Kier alpha value is -1.25. The van der Waals surface area contributed by atoms with Crippen molar-refractivity contribution >= 4 is 24.0 Å². The van der Waals surface area contributed by atoms with E-state index >= 15 is 0 Å². The highest BCUT2D eigenvalue weighted by molar-refractivity contribution is 7.07. The molecule has 1 saturated heterocycles. The monoisotopic (exact) mass is 278 g/mol. The molecule has 0 spiro atoms. The van der Waals surface area contributed by atoms with Crippen LogP contribution in [0.3, 0.4) is 0 Å². The lowest BCUT2D eigenvalue weighted by molar-refractivity contribution is 0.00578. The number of hydrogen-bond acceptors (Lipinski definition) is 6. The minimum absolute atomic E-state index is 0.373. The molecule has 0 N–H and O–H groups in total. The Kier molecular flexibility index (Phi) is 2.77. The number of thiazole rings is 1. The molecule has 3 rings (SSSR count). The summed E-state index contributed by atoms with van der Waals surface area (Å²) in [5, 5.41) is 10.1. The first kappa shape index (κ1) is 12.8. The molecule has 0 bridgehead atoms. The molecule has 1 aliphatic heterocycles. The van der Waals surface area contributed by atoms with Crippen molar-refractivity contribution in [2.45, 2.75) is 38.9 Å². The van der Waals surface area contributed by atoms with Crippen LogP contribution in [0.5, 0.6) is 0 Å². The summed E-state index contributed by atoms with van der Waals surface area (Å²) >= 11 is 1.51. The third kappa shape index (κ3) is 2.09. The lowest BCUT2D eigenvalue weighted by Gasteiger charge is -2.32. The molecular formula is C11H15BN4O2S. The van der Waals surface area contributed by atoms with E-state index in [9.17, 15) is 0 Å². The molecule has 2 aromatic rings. The quantitative estimate of drug-likeness (QED) is 0.768. The maximum atomic E-state index is 5.92. The van der Waals surface area contributed by atoms with Gasteiger partial charge < -0.3 is 9.31 Å². The van der Waals surface area contributed by atoms with Crippen molar-refractivity contribution in [1.82, 2.24) is 20.0 Å². The zero-order valence-corrected chi connectivity index (χ0v) is 12.1. The third-order valence-electron chi connectivity index (χ3n) is 3.66. The van der Waals surface area contributed by atoms with Crippen LogP contribution < -0.4 is 5.59 Å². The van der Waals surface area contributed by atoms with Crippen LogP contribution in [0, 0.1) is 0 Å². The van der Waals surface area contributed by atoms with Gasteiger partial charge in [0.05, 0.1) is 22.9 Å². The van der Waals surface area contributed by atoms with Gasteiger partial charge in [-0.1, -0.05) is 5.21 Å². The summed E-state index contributed by atoms with van der Waals surface area (Å²) in [6, 6.07) is 0. The second-order valence-corrected chi connectivity index (χ2v) is 6.24. The van der Waals surface area contributed by atoms with E-state index in [4.69, 9.17) is 9.31 Å². The second-order valence-electron chi connectivity index (χ2n) is 5.52. The Morgan fingerprint density at radius 1 is 1.21 bits per heavy atom. The summed E-state index contributed by atoms with van der Waals surface area (Å²) in [7, 11) is -0.489. The lowest BCUT2D eigenvalue weighted by Crippen LogP contribution is -2.41. The second kappa shape index (κ2) is 4.12. The van der Waals surface area contributed by atoms with E-state index in [1.807, 2.05) is 33.1 Å². The molecule has 0 radical (unpaired) electrons. The zero-order valence-electron chi connectivity index (χ0n) is 11.3. The molecule has 0 unspecified atom stereocenters. The molecule has 0 amide bonds. The van der Waals surface area contributed by atoms with Gasteiger partial charge in [-0.3, -0.25) is 0 Å². The molecule has 19 heavy (non-hydrogen) atoms. The van der Waals surface area contributed by atoms with Crippen LogP contribution in [0.4, 0.5) is 0 Å². The fraction of sp³-hybridized carbons (Fsp3) is 0.545. The van der Waals surface area contributed by atoms with Crippen molar-refractivity contribution in [1.29, 1.82) is 0 Å². The van der Waals surface area contributed by atoms with Gasteiger partial charge in [-0.15, -0.1) is 16.4 Å². The van der Waals surface area contributed by atoms with E-state index in [0.717, 1.165) is 5.82 Å². The molecule has 0 aromatic carbocycles. The maximum Gasteiger partial charge on any atom is 0.518 e. The van der Waals surface area contributed by atoms with Gasteiger partial charge in [-0.05, 0) is 27.7 Å². The van der Waals surface area contributed by atoms with Crippen molar-refractivity contribution in [3.05, 3.63) is 17.1 Å². The molecule has 0 aliphatic carbocycles. The van der Waals surface area contributed by atoms with Gasteiger partial charge in [-0.25, -0.2) is 9.67 Å². The van der Waals surface area contributed by atoms with E-state index < -0.39 is 7.12 Å². The minimum atomic E-state index is -0.489. The topological polar surface area (TPSA) is 62.1 Å². The fourth-order valence-corrected chi connectivity index (χ4v) is 2.30. The Labute approximate surface area is 115 Å². The summed E-state index contributed by atoms with van der Waals surface area (Å²) in [4.78, 5) is 4.18. The Balaban J connectivity index is 1.85.